The van der Waals surface area contributed by atoms with Gasteiger partial charge in [-0.1, -0.05) is 42.5 Å². The van der Waals surface area contributed by atoms with Crippen LogP contribution >= 0.6 is 0 Å². The van der Waals surface area contributed by atoms with Gasteiger partial charge in [0.2, 0.25) is 10.0 Å². The van der Waals surface area contributed by atoms with Gasteiger partial charge in [0.1, 0.15) is 6.33 Å². The molecule has 1 aliphatic rings. The molecule has 1 amide bonds. The van der Waals surface area contributed by atoms with E-state index < -0.39 is 21.7 Å². The van der Waals surface area contributed by atoms with Crippen molar-refractivity contribution < 1.29 is 18.3 Å². The lowest BCUT2D eigenvalue weighted by molar-refractivity contribution is 0.0600. The summed E-state index contributed by atoms with van der Waals surface area (Å²) in [6.45, 7) is 8.48. The molecule has 1 unspecified atom stereocenters. The number of likely N-dealkylation sites (tertiary alicyclic amines) is 1. The minimum Gasteiger partial charge on any atom is -0.465 e. The van der Waals surface area contributed by atoms with Gasteiger partial charge in [0.15, 0.2) is 5.82 Å². The topological polar surface area (TPSA) is 121 Å². The molecule has 0 saturated carbocycles. The zero-order chi connectivity index (χ0) is 28.9. The Morgan fingerprint density at radius 2 is 1.75 bits per heavy atom. The molecule has 1 aliphatic heterocycles. The maximum atomic E-state index is 12.3. The Bertz CT molecular complexity index is 1360. The molecule has 10 nitrogen and oxygen atoms in total. The van der Waals surface area contributed by atoms with Crippen molar-refractivity contribution >= 4 is 21.8 Å². The fourth-order valence-corrected chi connectivity index (χ4v) is 5.94. The largest absolute Gasteiger partial charge is 0.465 e. The fourth-order valence-electron chi connectivity index (χ4n) is 5.38. The lowest BCUT2D eigenvalue weighted by Gasteiger charge is -2.41. The summed E-state index contributed by atoms with van der Waals surface area (Å²) in [5.41, 5.74) is 2.04. The van der Waals surface area contributed by atoms with E-state index in [2.05, 4.69) is 14.6 Å². The SMILES string of the molecule is CC(C)(C)N(C(=O)O)C(CCN1CCC(n2cnc(Cc3ccc(NS(C)(=O)=O)cc3)n2)CC1)c1ccccc1. The van der Waals surface area contributed by atoms with E-state index in [4.69, 9.17) is 5.10 Å². The van der Waals surface area contributed by atoms with Crippen molar-refractivity contribution in [3.63, 3.8) is 0 Å². The molecule has 3 aromatic rings. The summed E-state index contributed by atoms with van der Waals surface area (Å²) in [6.07, 6.45) is 5.23. The number of nitrogens with one attached hydrogen (secondary N) is 1. The second-order valence-electron chi connectivity index (χ2n) is 11.5. The minimum absolute atomic E-state index is 0.217. The first-order chi connectivity index (χ1) is 18.9. The third-order valence-electron chi connectivity index (χ3n) is 7.25. The van der Waals surface area contributed by atoms with E-state index in [1.165, 1.54) is 0 Å². The highest BCUT2D eigenvalue weighted by Gasteiger charge is 2.34. The number of rotatable bonds is 10. The molecule has 2 N–H and O–H groups in total. The van der Waals surface area contributed by atoms with Crippen molar-refractivity contribution in [2.75, 3.05) is 30.6 Å². The summed E-state index contributed by atoms with van der Waals surface area (Å²) in [6, 6.07) is 17.2. The van der Waals surface area contributed by atoms with Crippen molar-refractivity contribution in [2.45, 2.75) is 64.1 Å². The Balaban J connectivity index is 1.32. The minimum atomic E-state index is -3.30. The highest BCUT2D eigenvalue weighted by atomic mass is 32.2. The number of aromatic nitrogens is 3. The Morgan fingerprint density at radius 3 is 2.33 bits per heavy atom. The number of carboxylic acid groups (broad SMARTS) is 1. The molecule has 2 aromatic carbocycles. The lowest BCUT2D eigenvalue weighted by Crippen LogP contribution is -2.48. The quantitative estimate of drug-likeness (QED) is 0.361. The highest BCUT2D eigenvalue weighted by Crippen LogP contribution is 2.32. The summed E-state index contributed by atoms with van der Waals surface area (Å²) in [5.74, 6) is 0.730. The molecule has 216 valence electrons. The number of sulfonamides is 1. The van der Waals surface area contributed by atoms with Crippen molar-refractivity contribution in [2.24, 2.45) is 0 Å². The first kappa shape index (κ1) is 29.5. The van der Waals surface area contributed by atoms with E-state index in [0.717, 1.165) is 62.1 Å². The standard InChI is InChI=1S/C29H40N6O4S/c1-29(2,3)35(28(36)37)26(23-8-6-5-7-9-23)16-19-33-17-14-25(15-18-33)34-21-30-27(31-34)20-22-10-12-24(13-11-22)32-40(4,38)39/h5-13,21,25-26,32H,14-20H2,1-4H3,(H,36,37). The van der Waals surface area contributed by atoms with Crippen molar-refractivity contribution in [3.05, 3.63) is 77.9 Å². The molecule has 40 heavy (non-hydrogen) atoms. The van der Waals surface area contributed by atoms with Crippen LogP contribution in [-0.4, -0.2) is 75.6 Å². The number of benzene rings is 2. The van der Waals surface area contributed by atoms with Gasteiger partial charge < -0.3 is 10.0 Å². The van der Waals surface area contributed by atoms with Gasteiger partial charge in [0.05, 0.1) is 18.3 Å². The second-order valence-corrected chi connectivity index (χ2v) is 13.2. The number of amides is 1. The van der Waals surface area contributed by atoms with E-state index in [-0.39, 0.29) is 12.1 Å². The monoisotopic (exact) mass is 568 g/mol. The predicted molar refractivity (Wildman–Crippen MR) is 156 cm³/mol. The van der Waals surface area contributed by atoms with Crippen LogP contribution < -0.4 is 4.72 Å². The van der Waals surface area contributed by atoms with Crippen LogP contribution in [0.2, 0.25) is 0 Å². The van der Waals surface area contributed by atoms with Crippen molar-refractivity contribution in [1.82, 2.24) is 24.6 Å². The fraction of sp³-hybridized carbons (Fsp3) is 0.483. The third-order valence-corrected chi connectivity index (χ3v) is 7.86. The Morgan fingerprint density at radius 1 is 1.10 bits per heavy atom. The Labute approximate surface area is 237 Å². The summed E-state index contributed by atoms with van der Waals surface area (Å²) >= 11 is 0. The van der Waals surface area contributed by atoms with Gasteiger partial charge in [-0.3, -0.25) is 9.62 Å². The zero-order valence-corrected chi connectivity index (χ0v) is 24.5. The van der Waals surface area contributed by atoms with Crippen LogP contribution in [0.4, 0.5) is 10.5 Å². The molecule has 0 radical (unpaired) electrons. The first-order valence-corrected chi connectivity index (χ1v) is 15.5. The average molecular weight is 569 g/mol. The molecule has 1 atom stereocenters. The average Bonchev–Trinajstić information content (AvgIpc) is 3.35. The molecule has 0 spiro atoms. The smallest absolute Gasteiger partial charge is 0.408 e. The Hall–Kier alpha value is -3.44. The third kappa shape index (κ3) is 8.04. The molecule has 1 fully saturated rings. The summed E-state index contributed by atoms with van der Waals surface area (Å²) in [5, 5.41) is 14.8. The summed E-state index contributed by atoms with van der Waals surface area (Å²) in [4.78, 5) is 20.8. The van der Waals surface area contributed by atoms with E-state index in [9.17, 15) is 18.3 Å². The van der Waals surface area contributed by atoms with Gasteiger partial charge >= 0.3 is 6.09 Å². The van der Waals surface area contributed by atoms with Crippen LogP contribution in [-0.2, 0) is 16.4 Å². The zero-order valence-electron chi connectivity index (χ0n) is 23.7. The number of hydrogen-bond acceptors (Lipinski definition) is 6. The van der Waals surface area contributed by atoms with Crippen molar-refractivity contribution in [1.29, 1.82) is 0 Å². The van der Waals surface area contributed by atoms with E-state index in [0.29, 0.717) is 12.1 Å². The van der Waals surface area contributed by atoms with Gasteiger partial charge in [-0.15, -0.1) is 0 Å². The molecule has 0 aliphatic carbocycles. The lowest BCUT2D eigenvalue weighted by atomic mass is 9.95. The molecule has 0 bridgehead atoms. The second kappa shape index (κ2) is 12.4. The number of anilines is 1. The summed E-state index contributed by atoms with van der Waals surface area (Å²) < 4.78 is 27.2. The van der Waals surface area contributed by atoms with E-state index >= 15 is 0 Å². The van der Waals surface area contributed by atoms with Gasteiger partial charge in [-0.2, -0.15) is 5.10 Å². The molecule has 11 heteroatoms. The number of carbonyl (C=O) groups is 1. The summed E-state index contributed by atoms with van der Waals surface area (Å²) in [7, 11) is -3.30. The van der Waals surface area contributed by atoms with Gasteiger partial charge in [0, 0.05) is 37.3 Å². The van der Waals surface area contributed by atoms with E-state index in [1.54, 1.807) is 23.4 Å². The van der Waals surface area contributed by atoms with Gasteiger partial charge in [-0.25, -0.2) is 22.9 Å². The maximum absolute atomic E-state index is 12.3. The van der Waals surface area contributed by atoms with Crippen LogP contribution in [0.25, 0.3) is 0 Å². The van der Waals surface area contributed by atoms with Gasteiger partial charge in [0.25, 0.3) is 0 Å². The van der Waals surface area contributed by atoms with Crippen LogP contribution in [0.1, 0.15) is 69.1 Å². The normalized spacial score (nSPS) is 16.0. The Kier molecular flexibility index (Phi) is 9.15. The molecule has 1 saturated heterocycles. The highest BCUT2D eigenvalue weighted by molar-refractivity contribution is 7.92. The predicted octanol–water partition coefficient (Wildman–Crippen LogP) is 4.79. The molecule has 4 rings (SSSR count). The van der Waals surface area contributed by atoms with Crippen LogP contribution in [0, 0.1) is 0 Å². The van der Waals surface area contributed by atoms with Crippen LogP contribution in [0.3, 0.4) is 0 Å². The first-order valence-electron chi connectivity index (χ1n) is 13.7. The van der Waals surface area contributed by atoms with Crippen molar-refractivity contribution in [3.8, 4) is 0 Å². The van der Waals surface area contributed by atoms with Crippen LogP contribution in [0.15, 0.2) is 60.9 Å². The number of nitrogens with zero attached hydrogens (tertiary/aromatic N) is 5. The molecular weight excluding hydrogens is 528 g/mol. The number of hydrogen-bond donors (Lipinski definition) is 2. The molecular formula is C29H40N6O4S. The number of piperidine rings is 1. The molecule has 2 heterocycles. The molecule has 1 aromatic heterocycles. The van der Waals surface area contributed by atoms with Crippen LogP contribution in [0.5, 0.6) is 0 Å². The maximum Gasteiger partial charge on any atom is 0.408 e. The van der Waals surface area contributed by atoms with E-state index in [1.807, 2.05) is 67.9 Å². The van der Waals surface area contributed by atoms with Gasteiger partial charge in [-0.05, 0) is 63.3 Å².